The number of urea groups is 1. The molecule has 1 saturated heterocycles. The quantitative estimate of drug-likeness (QED) is 0.723. The first-order chi connectivity index (χ1) is 12.1. The maximum absolute atomic E-state index is 12.8. The molecule has 0 spiro atoms. The molecule has 1 heterocycles. The smallest absolute Gasteiger partial charge is 0.323 e. The lowest BCUT2D eigenvalue weighted by atomic mass is 10.2. The van der Waals surface area contributed by atoms with Crippen molar-refractivity contribution in [1.29, 1.82) is 0 Å². The Bertz CT molecular complexity index is 772. The lowest BCUT2D eigenvalue weighted by Crippen LogP contribution is -2.34. The summed E-state index contributed by atoms with van der Waals surface area (Å²) in [5, 5.41) is 3.96. The molecule has 0 aromatic heterocycles. The van der Waals surface area contributed by atoms with Crippen LogP contribution in [0.15, 0.2) is 42.5 Å². The van der Waals surface area contributed by atoms with E-state index in [0.29, 0.717) is 34.6 Å². The lowest BCUT2D eigenvalue weighted by molar-refractivity contribution is 0.214. The number of nitrogens with one attached hydrogen (secondary N) is 1. The van der Waals surface area contributed by atoms with E-state index in [2.05, 4.69) is 5.32 Å². The first-order valence-corrected chi connectivity index (χ1v) is 9.76. The van der Waals surface area contributed by atoms with Crippen molar-refractivity contribution in [2.45, 2.75) is 12.3 Å². The lowest BCUT2D eigenvalue weighted by Gasteiger charge is -2.25. The van der Waals surface area contributed by atoms with Gasteiger partial charge in [-0.15, -0.1) is 11.8 Å². The maximum atomic E-state index is 12.8. The Balaban J connectivity index is 1.79. The van der Waals surface area contributed by atoms with E-state index in [1.54, 1.807) is 28.8 Å². The van der Waals surface area contributed by atoms with Gasteiger partial charge < -0.3 is 15.0 Å². The van der Waals surface area contributed by atoms with Crippen LogP contribution < -0.4 is 10.1 Å². The third kappa shape index (κ3) is 4.17. The van der Waals surface area contributed by atoms with Crippen molar-refractivity contribution >= 4 is 46.7 Å². The predicted molar refractivity (Wildman–Crippen MR) is 105 cm³/mol. The number of para-hydroxylation sites is 2. The molecular formula is C18H18Cl2N2O2S. The number of nitrogens with zero attached hydrogens (tertiary/aromatic N) is 1. The molecule has 0 bridgehead atoms. The number of hydrogen-bond donors (Lipinski definition) is 1. The van der Waals surface area contributed by atoms with E-state index in [-0.39, 0.29) is 11.4 Å². The molecule has 1 aliphatic heterocycles. The highest BCUT2D eigenvalue weighted by atomic mass is 35.5. The summed E-state index contributed by atoms with van der Waals surface area (Å²) in [6.07, 6.45) is 0. The number of anilines is 1. The van der Waals surface area contributed by atoms with Crippen LogP contribution in [0.1, 0.15) is 17.9 Å². The molecule has 132 valence electrons. The average molecular weight is 397 g/mol. The fourth-order valence-corrected chi connectivity index (χ4v) is 4.54. The van der Waals surface area contributed by atoms with Gasteiger partial charge in [-0.3, -0.25) is 0 Å². The first kappa shape index (κ1) is 18.2. The molecule has 4 nitrogen and oxygen atoms in total. The summed E-state index contributed by atoms with van der Waals surface area (Å²) in [5.41, 5.74) is 1.55. The van der Waals surface area contributed by atoms with Crippen LogP contribution in [0.2, 0.25) is 10.0 Å². The molecule has 2 aromatic carbocycles. The number of carbonyl (C=O) groups is 1. The van der Waals surface area contributed by atoms with Gasteiger partial charge in [-0.1, -0.05) is 41.4 Å². The van der Waals surface area contributed by atoms with Crippen molar-refractivity contribution in [3.63, 3.8) is 0 Å². The topological polar surface area (TPSA) is 41.6 Å². The van der Waals surface area contributed by atoms with E-state index < -0.39 is 0 Å². The molecule has 0 unspecified atom stereocenters. The fraction of sp³-hybridized carbons (Fsp3) is 0.278. The van der Waals surface area contributed by atoms with Gasteiger partial charge in [0.25, 0.3) is 0 Å². The number of carbonyl (C=O) groups excluding carboxylic acids is 1. The van der Waals surface area contributed by atoms with E-state index in [0.717, 1.165) is 11.3 Å². The van der Waals surface area contributed by atoms with Gasteiger partial charge in [-0.2, -0.15) is 0 Å². The van der Waals surface area contributed by atoms with Crippen molar-refractivity contribution in [2.24, 2.45) is 0 Å². The second kappa shape index (κ2) is 8.21. The molecule has 7 heteroatoms. The Hall–Kier alpha value is -1.56. The molecule has 0 aliphatic carbocycles. The van der Waals surface area contributed by atoms with E-state index >= 15 is 0 Å². The minimum Gasteiger partial charge on any atom is -0.492 e. The van der Waals surface area contributed by atoms with Crippen LogP contribution >= 0.6 is 35.0 Å². The largest absolute Gasteiger partial charge is 0.492 e. The number of amides is 2. The zero-order chi connectivity index (χ0) is 17.8. The Labute approximate surface area is 161 Å². The van der Waals surface area contributed by atoms with Crippen molar-refractivity contribution in [2.75, 3.05) is 24.2 Å². The Morgan fingerprint density at radius 3 is 2.88 bits per heavy atom. The molecule has 1 fully saturated rings. The van der Waals surface area contributed by atoms with E-state index in [4.69, 9.17) is 27.9 Å². The third-order valence-corrected chi connectivity index (χ3v) is 5.61. The molecule has 0 saturated carbocycles. The van der Waals surface area contributed by atoms with Crippen LogP contribution in [0.25, 0.3) is 0 Å². The predicted octanol–water partition coefficient (Wildman–Crippen LogP) is 5.67. The molecule has 2 aromatic rings. The first-order valence-electron chi connectivity index (χ1n) is 7.96. The van der Waals surface area contributed by atoms with Gasteiger partial charge in [0.15, 0.2) is 0 Å². The summed E-state index contributed by atoms with van der Waals surface area (Å²) in [6, 6.07) is 12.6. The Kier molecular flexibility index (Phi) is 5.99. The van der Waals surface area contributed by atoms with Gasteiger partial charge in [0.05, 0.1) is 12.3 Å². The van der Waals surface area contributed by atoms with Crippen LogP contribution in [0.5, 0.6) is 5.75 Å². The number of thioether (sulfide) groups is 1. The van der Waals surface area contributed by atoms with Crippen LogP contribution in [0, 0.1) is 0 Å². The van der Waals surface area contributed by atoms with Crippen LogP contribution in [-0.2, 0) is 0 Å². The van der Waals surface area contributed by atoms with Gasteiger partial charge in [-0.25, -0.2) is 4.79 Å². The molecule has 1 N–H and O–H groups in total. The zero-order valence-electron chi connectivity index (χ0n) is 13.7. The number of hydrogen-bond acceptors (Lipinski definition) is 3. The highest BCUT2D eigenvalue weighted by molar-refractivity contribution is 7.99. The summed E-state index contributed by atoms with van der Waals surface area (Å²) < 4.78 is 5.57. The van der Waals surface area contributed by atoms with Gasteiger partial charge >= 0.3 is 6.03 Å². The fourth-order valence-electron chi connectivity index (χ4n) is 2.68. The van der Waals surface area contributed by atoms with Gasteiger partial charge in [0, 0.05) is 27.9 Å². The second-order valence-corrected chi connectivity index (χ2v) is 7.47. The molecule has 1 atom stereocenters. The van der Waals surface area contributed by atoms with Gasteiger partial charge in [0.2, 0.25) is 0 Å². The molecule has 0 radical (unpaired) electrons. The van der Waals surface area contributed by atoms with Gasteiger partial charge in [-0.05, 0) is 31.2 Å². The second-order valence-electron chi connectivity index (χ2n) is 5.44. The summed E-state index contributed by atoms with van der Waals surface area (Å²) in [6.45, 7) is 3.10. The standard InChI is InChI=1S/C18H18Cl2N2O2S/c1-2-24-16-6-4-3-5-15(16)21-18(23)22-9-10-25-17(22)13-8-7-12(19)11-14(13)20/h3-8,11,17H,2,9-10H2,1H3,(H,21,23)/t17-/m0/s1. The van der Waals surface area contributed by atoms with Crippen molar-refractivity contribution < 1.29 is 9.53 Å². The number of ether oxygens (including phenoxy) is 1. The Morgan fingerprint density at radius 2 is 2.12 bits per heavy atom. The normalized spacial score (nSPS) is 16.8. The molecule has 1 aliphatic rings. The molecular weight excluding hydrogens is 379 g/mol. The Morgan fingerprint density at radius 1 is 1.32 bits per heavy atom. The van der Waals surface area contributed by atoms with Crippen LogP contribution in [-0.4, -0.2) is 29.8 Å². The monoisotopic (exact) mass is 396 g/mol. The third-order valence-electron chi connectivity index (χ3n) is 3.81. The van der Waals surface area contributed by atoms with E-state index in [1.165, 1.54) is 0 Å². The summed E-state index contributed by atoms with van der Waals surface area (Å²) in [4.78, 5) is 14.6. The average Bonchev–Trinajstić information content (AvgIpc) is 3.06. The van der Waals surface area contributed by atoms with E-state index in [9.17, 15) is 4.79 Å². The SMILES string of the molecule is CCOc1ccccc1NC(=O)N1CCS[C@H]1c1ccc(Cl)cc1Cl. The highest BCUT2D eigenvalue weighted by Crippen LogP contribution is 2.42. The number of rotatable bonds is 4. The number of halogens is 2. The van der Waals surface area contributed by atoms with E-state index in [1.807, 2.05) is 37.3 Å². The minimum absolute atomic E-state index is 0.135. The van der Waals surface area contributed by atoms with Crippen LogP contribution in [0.3, 0.4) is 0 Å². The molecule has 3 rings (SSSR count). The summed E-state index contributed by atoms with van der Waals surface area (Å²) in [5.74, 6) is 1.51. The van der Waals surface area contributed by atoms with Crippen molar-refractivity contribution in [3.05, 3.63) is 58.1 Å². The maximum Gasteiger partial charge on any atom is 0.323 e. The molecule has 25 heavy (non-hydrogen) atoms. The summed E-state index contributed by atoms with van der Waals surface area (Å²) >= 11 is 14.0. The summed E-state index contributed by atoms with van der Waals surface area (Å²) in [7, 11) is 0. The van der Waals surface area contributed by atoms with Crippen molar-refractivity contribution in [3.8, 4) is 5.75 Å². The zero-order valence-corrected chi connectivity index (χ0v) is 16.0. The highest BCUT2D eigenvalue weighted by Gasteiger charge is 2.32. The minimum atomic E-state index is -0.173. The number of benzene rings is 2. The van der Waals surface area contributed by atoms with Crippen molar-refractivity contribution in [1.82, 2.24) is 4.90 Å². The van der Waals surface area contributed by atoms with Crippen LogP contribution in [0.4, 0.5) is 10.5 Å². The molecule has 2 amide bonds. The van der Waals surface area contributed by atoms with Gasteiger partial charge in [0.1, 0.15) is 11.1 Å².